The number of benzene rings is 1. The molecule has 1 heterocycles. The first-order valence-electron chi connectivity index (χ1n) is 6.39. The minimum atomic E-state index is -0.734. The van der Waals surface area contributed by atoms with Gasteiger partial charge in [0.15, 0.2) is 0 Å². The maximum absolute atomic E-state index is 10.1. The van der Waals surface area contributed by atoms with Gasteiger partial charge in [-0.25, -0.2) is 0 Å². The van der Waals surface area contributed by atoms with Crippen LogP contribution in [-0.4, -0.2) is 41.2 Å². The first kappa shape index (κ1) is 12.1. The lowest BCUT2D eigenvalue weighted by atomic mass is 9.83. The molecule has 1 aliphatic heterocycles. The molecule has 1 saturated heterocycles. The van der Waals surface area contributed by atoms with Crippen LogP contribution >= 0.6 is 0 Å². The molecule has 3 unspecified atom stereocenters. The normalized spacial score (nSPS) is 38.9. The smallest absolute Gasteiger partial charge is 0.113 e. The summed E-state index contributed by atoms with van der Waals surface area (Å²) in [6, 6.07) is 9.76. The third kappa shape index (κ3) is 2.17. The van der Waals surface area contributed by atoms with E-state index >= 15 is 0 Å². The highest BCUT2D eigenvalue weighted by Gasteiger charge is 2.48. The van der Waals surface area contributed by atoms with E-state index in [2.05, 4.69) is 0 Å². The van der Waals surface area contributed by atoms with Gasteiger partial charge in [-0.1, -0.05) is 30.3 Å². The lowest BCUT2D eigenvalue weighted by Gasteiger charge is -2.35. The molecule has 5 atom stereocenters. The first-order valence-corrected chi connectivity index (χ1v) is 6.39. The summed E-state index contributed by atoms with van der Waals surface area (Å²) in [7, 11) is 0. The van der Waals surface area contributed by atoms with Crippen molar-refractivity contribution in [3.05, 3.63) is 35.9 Å². The molecule has 0 aromatic heterocycles. The van der Waals surface area contributed by atoms with Crippen LogP contribution in [0.4, 0.5) is 0 Å². The molecular weight excluding hydrogens is 232 g/mol. The minimum absolute atomic E-state index is 0.0965. The van der Waals surface area contributed by atoms with Crippen LogP contribution < -0.4 is 0 Å². The van der Waals surface area contributed by atoms with Crippen molar-refractivity contribution in [1.29, 1.82) is 0 Å². The Labute approximate surface area is 106 Å². The van der Waals surface area contributed by atoms with Crippen molar-refractivity contribution >= 4 is 0 Å². The van der Waals surface area contributed by atoms with Crippen molar-refractivity contribution in [2.45, 2.75) is 37.4 Å². The predicted molar refractivity (Wildman–Crippen MR) is 64.9 cm³/mol. The van der Waals surface area contributed by atoms with Gasteiger partial charge >= 0.3 is 0 Å². The van der Waals surface area contributed by atoms with Crippen LogP contribution in [0, 0.1) is 5.92 Å². The monoisotopic (exact) mass is 250 g/mol. The maximum atomic E-state index is 10.1. The number of aliphatic hydroxyl groups excluding tert-OH is 2. The molecule has 2 N–H and O–H groups in total. The Morgan fingerprint density at radius 2 is 1.94 bits per heavy atom. The molecule has 0 amide bonds. The van der Waals surface area contributed by atoms with Gasteiger partial charge in [-0.05, 0) is 12.0 Å². The zero-order valence-corrected chi connectivity index (χ0v) is 10.1. The Hall–Kier alpha value is -0.940. The summed E-state index contributed by atoms with van der Waals surface area (Å²) in [6.07, 6.45) is -1.37. The van der Waals surface area contributed by atoms with Crippen LogP contribution in [0.1, 0.15) is 12.0 Å². The van der Waals surface area contributed by atoms with E-state index in [1.54, 1.807) is 0 Å². The van der Waals surface area contributed by atoms with E-state index in [4.69, 9.17) is 9.47 Å². The van der Waals surface area contributed by atoms with Gasteiger partial charge in [-0.3, -0.25) is 0 Å². The van der Waals surface area contributed by atoms with Crippen LogP contribution in [0.15, 0.2) is 30.3 Å². The number of aliphatic hydroxyl groups is 2. The number of hydrogen-bond donors (Lipinski definition) is 2. The molecule has 1 aliphatic carbocycles. The molecule has 4 nitrogen and oxygen atoms in total. The van der Waals surface area contributed by atoms with Crippen molar-refractivity contribution in [2.75, 3.05) is 6.61 Å². The SMILES string of the molecule is OC1C2COC(C2)[C@@H](O)[C@H]1OCc1ccccc1. The Bertz CT molecular complexity index is 378. The highest BCUT2D eigenvalue weighted by Crippen LogP contribution is 2.35. The third-order valence-corrected chi connectivity index (χ3v) is 3.88. The highest BCUT2D eigenvalue weighted by molar-refractivity contribution is 5.13. The van der Waals surface area contributed by atoms with E-state index in [1.807, 2.05) is 30.3 Å². The van der Waals surface area contributed by atoms with Crippen LogP contribution in [0.25, 0.3) is 0 Å². The average Bonchev–Trinajstić information content (AvgIpc) is 2.85. The number of fused-ring (bicyclic) bond motifs is 2. The summed E-state index contributed by atoms with van der Waals surface area (Å²) in [5.41, 5.74) is 1.04. The molecule has 18 heavy (non-hydrogen) atoms. The van der Waals surface area contributed by atoms with Crippen LogP contribution in [-0.2, 0) is 16.1 Å². The topological polar surface area (TPSA) is 58.9 Å². The molecule has 0 radical (unpaired) electrons. The standard InChI is InChI=1S/C14H18O4/c15-12-10-6-11(17-8-10)13(16)14(12)18-7-9-4-2-1-3-5-9/h1-5,10-16H,6-8H2/t10?,11?,12?,13-,14+/m1/s1. The molecule has 2 fully saturated rings. The maximum Gasteiger partial charge on any atom is 0.113 e. The van der Waals surface area contributed by atoms with E-state index < -0.39 is 18.3 Å². The summed E-state index contributed by atoms with van der Waals surface area (Å²) in [4.78, 5) is 0. The van der Waals surface area contributed by atoms with Gasteiger partial charge in [0.1, 0.15) is 12.2 Å². The van der Waals surface area contributed by atoms with Crippen molar-refractivity contribution in [1.82, 2.24) is 0 Å². The van der Waals surface area contributed by atoms with E-state index in [-0.39, 0.29) is 12.0 Å². The molecule has 4 heteroatoms. The Balaban J connectivity index is 1.65. The lowest BCUT2D eigenvalue weighted by Crippen LogP contribution is -2.51. The Kier molecular flexibility index (Phi) is 3.35. The molecule has 1 aromatic carbocycles. The molecular formula is C14H18O4. The van der Waals surface area contributed by atoms with Crippen LogP contribution in [0.2, 0.25) is 0 Å². The van der Waals surface area contributed by atoms with Crippen molar-refractivity contribution < 1.29 is 19.7 Å². The summed E-state index contributed by atoms with van der Waals surface area (Å²) in [5, 5.41) is 20.2. The average molecular weight is 250 g/mol. The number of hydrogen-bond acceptors (Lipinski definition) is 4. The summed E-state index contributed by atoms with van der Waals surface area (Å²) < 4.78 is 11.1. The first-order chi connectivity index (χ1) is 8.75. The molecule has 0 spiro atoms. The Morgan fingerprint density at radius 3 is 2.72 bits per heavy atom. The van der Waals surface area contributed by atoms with Gasteiger partial charge in [0.2, 0.25) is 0 Å². The van der Waals surface area contributed by atoms with Gasteiger partial charge < -0.3 is 19.7 Å². The zero-order valence-electron chi connectivity index (χ0n) is 10.1. The minimum Gasteiger partial charge on any atom is -0.390 e. The van der Waals surface area contributed by atoms with E-state index in [9.17, 15) is 10.2 Å². The van der Waals surface area contributed by atoms with Gasteiger partial charge in [0.25, 0.3) is 0 Å². The van der Waals surface area contributed by atoms with Crippen LogP contribution in [0.3, 0.4) is 0 Å². The van der Waals surface area contributed by atoms with Gasteiger partial charge in [-0.15, -0.1) is 0 Å². The third-order valence-electron chi connectivity index (χ3n) is 3.88. The molecule has 3 rings (SSSR count). The zero-order chi connectivity index (χ0) is 12.5. The molecule has 98 valence electrons. The largest absolute Gasteiger partial charge is 0.390 e. The van der Waals surface area contributed by atoms with Crippen molar-refractivity contribution in [2.24, 2.45) is 5.92 Å². The second-order valence-corrected chi connectivity index (χ2v) is 5.11. The fourth-order valence-corrected chi connectivity index (χ4v) is 2.80. The molecule has 2 bridgehead atoms. The Morgan fingerprint density at radius 1 is 1.17 bits per heavy atom. The van der Waals surface area contributed by atoms with Crippen LogP contribution in [0.5, 0.6) is 0 Å². The van der Waals surface area contributed by atoms with Gasteiger partial charge in [-0.2, -0.15) is 0 Å². The molecule has 1 saturated carbocycles. The van der Waals surface area contributed by atoms with Gasteiger partial charge in [0.05, 0.1) is 25.4 Å². The fourth-order valence-electron chi connectivity index (χ4n) is 2.80. The summed E-state index contributed by atoms with van der Waals surface area (Å²) in [6.45, 7) is 0.924. The van der Waals surface area contributed by atoms with E-state index in [0.29, 0.717) is 13.2 Å². The number of rotatable bonds is 3. The molecule has 1 aromatic rings. The van der Waals surface area contributed by atoms with Crippen molar-refractivity contribution in [3.63, 3.8) is 0 Å². The lowest BCUT2D eigenvalue weighted by molar-refractivity contribution is -0.152. The quantitative estimate of drug-likeness (QED) is 0.829. The summed E-state index contributed by atoms with van der Waals surface area (Å²) in [5.74, 6) is 0.0965. The highest BCUT2D eigenvalue weighted by atomic mass is 16.5. The predicted octanol–water partition coefficient (Wildman–Crippen LogP) is 0.712. The van der Waals surface area contributed by atoms with E-state index in [1.165, 1.54) is 0 Å². The number of ether oxygens (including phenoxy) is 2. The molecule has 2 aliphatic rings. The fraction of sp³-hybridized carbons (Fsp3) is 0.571. The second-order valence-electron chi connectivity index (χ2n) is 5.11. The van der Waals surface area contributed by atoms with E-state index in [0.717, 1.165) is 12.0 Å². The van der Waals surface area contributed by atoms with Gasteiger partial charge in [0, 0.05) is 5.92 Å². The van der Waals surface area contributed by atoms with Crippen molar-refractivity contribution in [3.8, 4) is 0 Å². The second kappa shape index (κ2) is 4.97. The summed E-state index contributed by atoms with van der Waals surface area (Å²) >= 11 is 0.